The van der Waals surface area contributed by atoms with Crippen LogP contribution in [0.4, 0.5) is 0 Å². The molecule has 4 atom stereocenters. The summed E-state index contributed by atoms with van der Waals surface area (Å²) in [5, 5.41) is 3.01. The molecule has 4 rings (SSSR count). The van der Waals surface area contributed by atoms with Gasteiger partial charge in [0, 0.05) is 69.2 Å². The van der Waals surface area contributed by atoms with Gasteiger partial charge < -0.3 is 19.7 Å². The van der Waals surface area contributed by atoms with E-state index in [1.165, 1.54) is 0 Å². The molecule has 0 spiro atoms. The summed E-state index contributed by atoms with van der Waals surface area (Å²) in [6.07, 6.45) is 5.80. The van der Waals surface area contributed by atoms with Gasteiger partial charge in [-0.15, -0.1) is 0 Å². The van der Waals surface area contributed by atoms with Gasteiger partial charge in [0.15, 0.2) is 0 Å². The molecule has 1 N–H and O–H groups in total. The van der Waals surface area contributed by atoms with E-state index in [0.29, 0.717) is 52.3 Å². The van der Waals surface area contributed by atoms with E-state index >= 15 is 0 Å². The number of rotatable bonds is 7. The second-order valence-corrected chi connectivity index (χ2v) is 9.03. The SMILES string of the molecule is CC(C)NC(=O)C[C@@H]1CN(Cc2cnccn2)[C@@H]2CO[C@@H](CC(=O)N3CCOCC3)[C@H]12. The fraction of sp³-hybridized carbons (Fsp3) is 0.727. The standard InChI is InChI=1S/C22H33N5O4/c1-15(2)25-20(28)9-16-12-27(13-17-11-23-3-4-24-17)18-14-31-19(22(16)18)10-21(29)26-5-7-30-8-6-26/h3-4,11,15-16,18-19,22H,5-10,12-14H2,1-2H3,(H,25,28)/t16-,18-,19+,22-/m1/s1. The third kappa shape index (κ3) is 5.39. The average molecular weight is 432 g/mol. The predicted molar refractivity (Wildman–Crippen MR) is 113 cm³/mol. The molecule has 0 unspecified atom stereocenters. The number of carbonyl (C=O) groups excluding carboxylic acids is 2. The zero-order valence-corrected chi connectivity index (χ0v) is 18.4. The van der Waals surface area contributed by atoms with Crippen molar-refractivity contribution in [1.82, 2.24) is 25.1 Å². The first-order chi connectivity index (χ1) is 15.0. The third-order valence-corrected chi connectivity index (χ3v) is 6.46. The zero-order chi connectivity index (χ0) is 21.8. The van der Waals surface area contributed by atoms with Crippen LogP contribution in [0.3, 0.4) is 0 Å². The minimum absolute atomic E-state index is 0.0604. The summed E-state index contributed by atoms with van der Waals surface area (Å²) in [6, 6.07) is 0.292. The van der Waals surface area contributed by atoms with Crippen molar-refractivity contribution in [2.45, 2.75) is 51.4 Å². The number of hydrogen-bond acceptors (Lipinski definition) is 7. The van der Waals surface area contributed by atoms with Gasteiger partial charge in [-0.2, -0.15) is 0 Å². The summed E-state index contributed by atoms with van der Waals surface area (Å²) in [7, 11) is 0. The number of ether oxygens (including phenoxy) is 2. The molecule has 0 radical (unpaired) electrons. The number of hydrogen-bond donors (Lipinski definition) is 1. The second kappa shape index (κ2) is 10.0. The van der Waals surface area contributed by atoms with E-state index < -0.39 is 0 Å². The Balaban J connectivity index is 1.46. The highest BCUT2D eigenvalue weighted by Crippen LogP contribution is 2.42. The number of fused-ring (bicyclic) bond motifs is 1. The van der Waals surface area contributed by atoms with Gasteiger partial charge in [0.05, 0.1) is 38.0 Å². The molecule has 1 aromatic rings. The largest absolute Gasteiger partial charge is 0.378 e. The van der Waals surface area contributed by atoms with Crippen LogP contribution >= 0.6 is 0 Å². The van der Waals surface area contributed by atoms with E-state index in [1.807, 2.05) is 18.7 Å². The van der Waals surface area contributed by atoms with Gasteiger partial charge in [0.25, 0.3) is 0 Å². The first-order valence-electron chi connectivity index (χ1n) is 11.3. The minimum atomic E-state index is -0.163. The first-order valence-corrected chi connectivity index (χ1v) is 11.3. The van der Waals surface area contributed by atoms with Gasteiger partial charge in [-0.25, -0.2) is 0 Å². The topological polar surface area (TPSA) is 96.9 Å². The Bertz CT molecular complexity index is 756. The maximum atomic E-state index is 12.9. The molecule has 4 heterocycles. The summed E-state index contributed by atoms with van der Waals surface area (Å²) in [5.74, 6) is 0.474. The highest BCUT2D eigenvalue weighted by atomic mass is 16.5. The van der Waals surface area contributed by atoms with Gasteiger partial charge in [-0.3, -0.25) is 24.5 Å². The average Bonchev–Trinajstić information content (AvgIpc) is 3.31. The fourth-order valence-corrected chi connectivity index (χ4v) is 5.15. The molecule has 2 amide bonds. The van der Waals surface area contributed by atoms with Gasteiger partial charge in [0.2, 0.25) is 11.8 Å². The van der Waals surface area contributed by atoms with Crippen molar-refractivity contribution >= 4 is 11.8 Å². The molecule has 0 aliphatic carbocycles. The molecule has 0 bridgehead atoms. The van der Waals surface area contributed by atoms with E-state index in [0.717, 1.165) is 12.2 Å². The zero-order valence-electron chi connectivity index (χ0n) is 18.4. The molecule has 3 aliphatic rings. The van der Waals surface area contributed by atoms with Crippen molar-refractivity contribution in [3.05, 3.63) is 24.3 Å². The van der Waals surface area contributed by atoms with Crippen LogP contribution < -0.4 is 5.32 Å². The van der Waals surface area contributed by atoms with Crippen LogP contribution in [0.25, 0.3) is 0 Å². The second-order valence-electron chi connectivity index (χ2n) is 9.03. The highest BCUT2D eigenvalue weighted by Gasteiger charge is 2.51. The summed E-state index contributed by atoms with van der Waals surface area (Å²) in [4.78, 5) is 38.2. The number of amides is 2. The molecular weight excluding hydrogens is 398 g/mol. The van der Waals surface area contributed by atoms with Crippen molar-refractivity contribution in [2.75, 3.05) is 39.5 Å². The molecule has 3 aliphatic heterocycles. The molecule has 0 saturated carbocycles. The minimum Gasteiger partial charge on any atom is -0.378 e. The van der Waals surface area contributed by atoms with Crippen molar-refractivity contribution in [3.63, 3.8) is 0 Å². The Hall–Kier alpha value is -2.10. The van der Waals surface area contributed by atoms with E-state index in [4.69, 9.17) is 9.47 Å². The lowest BCUT2D eigenvalue weighted by molar-refractivity contribution is -0.138. The molecule has 0 aromatic carbocycles. The molecule has 1 aromatic heterocycles. The first kappa shape index (κ1) is 22.1. The number of aromatic nitrogens is 2. The number of nitrogens with one attached hydrogen (secondary N) is 1. The molecule has 3 saturated heterocycles. The lowest BCUT2D eigenvalue weighted by Gasteiger charge is -2.29. The monoisotopic (exact) mass is 431 g/mol. The number of morpholine rings is 1. The third-order valence-electron chi connectivity index (χ3n) is 6.46. The summed E-state index contributed by atoms with van der Waals surface area (Å²) in [6.45, 7) is 8.44. The number of nitrogens with zero attached hydrogens (tertiary/aromatic N) is 4. The molecule has 170 valence electrons. The van der Waals surface area contributed by atoms with E-state index in [-0.39, 0.29) is 41.8 Å². The Morgan fingerprint density at radius 1 is 1.23 bits per heavy atom. The smallest absolute Gasteiger partial charge is 0.225 e. The maximum Gasteiger partial charge on any atom is 0.225 e. The fourth-order valence-electron chi connectivity index (χ4n) is 5.15. The normalized spacial score (nSPS) is 28.7. The molecule has 9 heteroatoms. The lowest BCUT2D eigenvalue weighted by Crippen LogP contribution is -2.43. The van der Waals surface area contributed by atoms with E-state index in [1.54, 1.807) is 18.6 Å². The Morgan fingerprint density at radius 3 is 2.74 bits per heavy atom. The summed E-state index contributed by atoms with van der Waals surface area (Å²) >= 11 is 0. The predicted octanol–water partition coefficient (Wildman–Crippen LogP) is 0.456. The Labute approximate surface area is 183 Å². The van der Waals surface area contributed by atoms with Crippen molar-refractivity contribution < 1.29 is 19.1 Å². The molecule has 3 fully saturated rings. The van der Waals surface area contributed by atoms with Crippen molar-refractivity contribution in [3.8, 4) is 0 Å². The Kier molecular flexibility index (Phi) is 7.14. The van der Waals surface area contributed by atoms with Crippen LogP contribution in [0.1, 0.15) is 32.4 Å². The van der Waals surface area contributed by atoms with E-state index in [2.05, 4.69) is 20.2 Å². The van der Waals surface area contributed by atoms with Gasteiger partial charge in [0.1, 0.15) is 0 Å². The van der Waals surface area contributed by atoms with Crippen LogP contribution in [0.5, 0.6) is 0 Å². The van der Waals surface area contributed by atoms with Crippen molar-refractivity contribution in [2.24, 2.45) is 11.8 Å². The van der Waals surface area contributed by atoms with Gasteiger partial charge in [-0.1, -0.05) is 0 Å². The molecule has 9 nitrogen and oxygen atoms in total. The molecule has 31 heavy (non-hydrogen) atoms. The summed E-state index contributed by atoms with van der Waals surface area (Å²) in [5.41, 5.74) is 0.904. The van der Waals surface area contributed by atoms with Crippen LogP contribution in [-0.2, 0) is 25.6 Å². The maximum absolute atomic E-state index is 12.9. The van der Waals surface area contributed by atoms with Crippen LogP contribution in [-0.4, -0.2) is 89.2 Å². The quantitative estimate of drug-likeness (QED) is 0.670. The van der Waals surface area contributed by atoms with Crippen LogP contribution in [0.2, 0.25) is 0 Å². The van der Waals surface area contributed by atoms with Crippen LogP contribution in [0.15, 0.2) is 18.6 Å². The Morgan fingerprint density at radius 2 is 2.03 bits per heavy atom. The van der Waals surface area contributed by atoms with Gasteiger partial charge in [-0.05, 0) is 19.8 Å². The number of carbonyl (C=O) groups is 2. The van der Waals surface area contributed by atoms with Crippen molar-refractivity contribution in [1.29, 1.82) is 0 Å². The number of likely N-dealkylation sites (tertiary alicyclic amines) is 1. The van der Waals surface area contributed by atoms with Crippen LogP contribution in [0, 0.1) is 11.8 Å². The highest BCUT2D eigenvalue weighted by molar-refractivity contribution is 5.77. The lowest BCUT2D eigenvalue weighted by atomic mass is 9.84. The molecular formula is C22H33N5O4. The van der Waals surface area contributed by atoms with Gasteiger partial charge >= 0.3 is 0 Å². The van der Waals surface area contributed by atoms with E-state index in [9.17, 15) is 9.59 Å². The summed E-state index contributed by atoms with van der Waals surface area (Å²) < 4.78 is 11.5.